The van der Waals surface area contributed by atoms with E-state index in [-0.39, 0.29) is 5.82 Å². The zero-order valence-corrected chi connectivity index (χ0v) is 12.4. The first-order chi connectivity index (χ1) is 9.60. The summed E-state index contributed by atoms with van der Waals surface area (Å²) < 4.78 is 14.0. The molecule has 20 heavy (non-hydrogen) atoms. The summed E-state index contributed by atoms with van der Waals surface area (Å²) >= 11 is 3.14. The SMILES string of the molecule is Cc1cc(Br)c(F)cc1N=C(NN)Nc1ccccc1. The molecule has 4 N–H and O–H groups in total. The Hall–Kier alpha value is -1.92. The van der Waals surface area contributed by atoms with Crippen molar-refractivity contribution in [3.8, 4) is 0 Å². The molecule has 6 heteroatoms. The number of hydrogen-bond donors (Lipinski definition) is 3. The molecule has 2 aromatic rings. The number of anilines is 1. The molecule has 0 amide bonds. The number of nitrogens with two attached hydrogens (primary N) is 1. The van der Waals surface area contributed by atoms with Gasteiger partial charge in [0.25, 0.3) is 0 Å². The molecule has 0 aliphatic rings. The number of hydrogen-bond acceptors (Lipinski definition) is 2. The molecule has 0 aromatic heterocycles. The average molecular weight is 337 g/mol. The zero-order chi connectivity index (χ0) is 14.5. The van der Waals surface area contributed by atoms with Gasteiger partial charge in [0.15, 0.2) is 0 Å². The summed E-state index contributed by atoms with van der Waals surface area (Å²) in [5.74, 6) is 5.40. The highest BCUT2D eigenvalue weighted by Crippen LogP contribution is 2.26. The predicted octanol–water partition coefficient (Wildman–Crippen LogP) is 3.46. The number of guanidine groups is 1. The van der Waals surface area contributed by atoms with Crippen LogP contribution in [0.25, 0.3) is 0 Å². The molecule has 4 nitrogen and oxygen atoms in total. The van der Waals surface area contributed by atoms with Crippen molar-refractivity contribution in [1.29, 1.82) is 0 Å². The van der Waals surface area contributed by atoms with Gasteiger partial charge in [0.05, 0.1) is 10.2 Å². The smallest absolute Gasteiger partial charge is 0.215 e. The van der Waals surface area contributed by atoms with Crippen molar-refractivity contribution in [2.45, 2.75) is 6.92 Å². The van der Waals surface area contributed by atoms with E-state index in [9.17, 15) is 4.39 Å². The molecule has 0 atom stereocenters. The van der Waals surface area contributed by atoms with E-state index in [1.165, 1.54) is 6.07 Å². The molecular weight excluding hydrogens is 323 g/mol. The topological polar surface area (TPSA) is 62.4 Å². The van der Waals surface area contributed by atoms with Crippen molar-refractivity contribution < 1.29 is 4.39 Å². The highest BCUT2D eigenvalue weighted by atomic mass is 79.9. The summed E-state index contributed by atoms with van der Waals surface area (Å²) in [5, 5.41) is 3.02. The number of nitrogens with one attached hydrogen (secondary N) is 2. The van der Waals surface area contributed by atoms with Gasteiger partial charge in [-0.25, -0.2) is 15.2 Å². The second-order valence-electron chi connectivity index (χ2n) is 4.15. The van der Waals surface area contributed by atoms with Crippen LogP contribution in [-0.4, -0.2) is 5.96 Å². The molecule has 104 valence electrons. The first kappa shape index (κ1) is 14.5. The van der Waals surface area contributed by atoms with Crippen LogP contribution in [0.5, 0.6) is 0 Å². The van der Waals surface area contributed by atoms with Crippen LogP contribution in [-0.2, 0) is 0 Å². The third kappa shape index (κ3) is 3.55. The summed E-state index contributed by atoms with van der Waals surface area (Å²) in [4.78, 5) is 4.28. The maximum Gasteiger partial charge on any atom is 0.215 e. The molecule has 0 aliphatic carbocycles. The van der Waals surface area contributed by atoms with Gasteiger partial charge in [-0.15, -0.1) is 0 Å². The maximum atomic E-state index is 13.6. The standard InChI is InChI=1S/C14H14BrFN4/c1-9-7-11(15)12(16)8-13(9)19-14(20-17)18-10-5-3-2-4-6-10/h2-8H,17H2,1H3,(H2,18,19,20). The Morgan fingerprint density at radius 1 is 1.25 bits per heavy atom. The first-order valence-corrected chi connectivity index (χ1v) is 6.72. The van der Waals surface area contributed by atoms with Crippen LogP contribution in [0.15, 0.2) is 51.9 Å². The minimum atomic E-state index is -0.370. The summed E-state index contributed by atoms with van der Waals surface area (Å²) in [6.45, 7) is 1.85. The number of rotatable bonds is 2. The number of benzene rings is 2. The van der Waals surface area contributed by atoms with Crippen molar-refractivity contribution >= 4 is 33.3 Å². The van der Waals surface area contributed by atoms with Crippen molar-refractivity contribution in [3.63, 3.8) is 0 Å². The Labute approximate surface area is 125 Å². The number of para-hydroxylation sites is 1. The third-order valence-corrected chi connectivity index (χ3v) is 3.25. The fourth-order valence-electron chi connectivity index (χ4n) is 1.63. The zero-order valence-electron chi connectivity index (χ0n) is 10.8. The Kier molecular flexibility index (Phi) is 4.70. The van der Waals surface area contributed by atoms with Crippen LogP contribution >= 0.6 is 15.9 Å². The summed E-state index contributed by atoms with van der Waals surface area (Å²) in [6, 6.07) is 12.5. The van der Waals surface area contributed by atoms with Crippen LogP contribution in [0.2, 0.25) is 0 Å². The molecule has 0 radical (unpaired) electrons. The van der Waals surface area contributed by atoms with E-state index in [4.69, 9.17) is 5.84 Å². The number of aliphatic imine (C=N–C) groups is 1. The lowest BCUT2D eigenvalue weighted by Gasteiger charge is -2.10. The van der Waals surface area contributed by atoms with Crippen LogP contribution in [0.1, 0.15) is 5.56 Å². The predicted molar refractivity (Wildman–Crippen MR) is 83.3 cm³/mol. The molecule has 0 saturated heterocycles. The minimum absolute atomic E-state index is 0.334. The quantitative estimate of drug-likeness (QED) is 0.340. The first-order valence-electron chi connectivity index (χ1n) is 5.93. The second-order valence-corrected chi connectivity index (χ2v) is 5.00. The molecule has 0 unspecified atom stereocenters. The molecule has 0 bridgehead atoms. The van der Waals surface area contributed by atoms with Gasteiger partial charge >= 0.3 is 0 Å². The lowest BCUT2D eigenvalue weighted by molar-refractivity contribution is 0.621. The molecule has 0 saturated carbocycles. The molecule has 2 aromatic carbocycles. The Morgan fingerprint density at radius 3 is 2.60 bits per heavy atom. The van der Waals surface area contributed by atoms with Crippen molar-refractivity contribution in [1.82, 2.24) is 5.43 Å². The van der Waals surface area contributed by atoms with Crippen LogP contribution in [0, 0.1) is 12.7 Å². The molecule has 0 fully saturated rings. The van der Waals surface area contributed by atoms with Gasteiger partial charge in [-0.05, 0) is 46.6 Å². The summed E-state index contributed by atoms with van der Waals surface area (Å²) in [5.41, 5.74) is 4.63. The number of aryl methyl sites for hydroxylation is 1. The van der Waals surface area contributed by atoms with E-state index in [1.54, 1.807) is 6.07 Å². The van der Waals surface area contributed by atoms with E-state index in [0.717, 1.165) is 11.3 Å². The number of halogens is 2. The monoisotopic (exact) mass is 336 g/mol. The summed E-state index contributed by atoms with van der Waals surface area (Å²) in [6.07, 6.45) is 0. The van der Waals surface area contributed by atoms with Crippen molar-refractivity contribution in [2.24, 2.45) is 10.8 Å². The molecule has 0 heterocycles. The lowest BCUT2D eigenvalue weighted by atomic mass is 10.2. The van der Waals surface area contributed by atoms with Gasteiger partial charge in [0, 0.05) is 11.8 Å². The van der Waals surface area contributed by atoms with E-state index >= 15 is 0 Å². The average Bonchev–Trinajstić information content (AvgIpc) is 2.45. The highest BCUT2D eigenvalue weighted by molar-refractivity contribution is 9.10. The fraction of sp³-hybridized carbons (Fsp3) is 0.0714. The Bertz CT molecular complexity index is 629. The lowest BCUT2D eigenvalue weighted by Crippen LogP contribution is -2.36. The normalized spacial score (nSPS) is 11.3. The van der Waals surface area contributed by atoms with E-state index in [1.807, 2.05) is 37.3 Å². The van der Waals surface area contributed by atoms with Gasteiger partial charge in [-0.1, -0.05) is 18.2 Å². The van der Waals surface area contributed by atoms with Gasteiger partial charge in [-0.3, -0.25) is 5.43 Å². The minimum Gasteiger partial charge on any atom is -0.325 e. The van der Waals surface area contributed by atoms with E-state index in [0.29, 0.717) is 16.1 Å². The van der Waals surface area contributed by atoms with Crippen molar-refractivity contribution in [2.75, 3.05) is 5.32 Å². The van der Waals surface area contributed by atoms with E-state index < -0.39 is 0 Å². The van der Waals surface area contributed by atoms with Crippen molar-refractivity contribution in [3.05, 3.63) is 58.3 Å². The second kappa shape index (κ2) is 6.49. The Morgan fingerprint density at radius 2 is 1.95 bits per heavy atom. The highest BCUT2D eigenvalue weighted by Gasteiger charge is 2.06. The fourth-order valence-corrected chi connectivity index (χ4v) is 2.09. The van der Waals surface area contributed by atoms with Crippen LogP contribution < -0.4 is 16.6 Å². The van der Waals surface area contributed by atoms with Crippen LogP contribution in [0.3, 0.4) is 0 Å². The number of nitrogens with zero attached hydrogens (tertiary/aromatic N) is 1. The van der Waals surface area contributed by atoms with Gasteiger partial charge in [0.2, 0.25) is 5.96 Å². The van der Waals surface area contributed by atoms with E-state index in [2.05, 4.69) is 31.7 Å². The number of hydrazine groups is 1. The van der Waals surface area contributed by atoms with Gasteiger partial charge in [0.1, 0.15) is 5.82 Å². The molecule has 2 rings (SSSR count). The van der Waals surface area contributed by atoms with Gasteiger partial charge < -0.3 is 5.32 Å². The molecule has 0 spiro atoms. The summed E-state index contributed by atoms with van der Waals surface area (Å²) in [7, 11) is 0. The third-order valence-electron chi connectivity index (χ3n) is 2.64. The van der Waals surface area contributed by atoms with Crippen LogP contribution in [0.4, 0.5) is 15.8 Å². The molecular formula is C14H14BrFN4. The maximum absolute atomic E-state index is 13.6. The molecule has 0 aliphatic heterocycles. The van der Waals surface area contributed by atoms with Gasteiger partial charge in [-0.2, -0.15) is 0 Å². The Balaban J connectivity index is 2.29. The largest absolute Gasteiger partial charge is 0.325 e.